The van der Waals surface area contributed by atoms with Gasteiger partial charge in [-0.05, 0) is 85.6 Å². The first-order valence-electron chi connectivity index (χ1n) is 17.4. The lowest BCUT2D eigenvalue weighted by Gasteiger charge is -2.39. The maximum atomic E-state index is 2.62. The van der Waals surface area contributed by atoms with E-state index in [4.69, 9.17) is 0 Å². The minimum Gasteiger partial charge on any atom is -0.310 e. The van der Waals surface area contributed by atoms with Crippen LogP contribution in [-0.4, -0.2) is 8.07 Å². The van der Waals surface area contributed by atoms with E-state index in [0.717, 1.165) is 0 Å². The first-order valence-corrected chi connectivity index (χ1v) is 20.5. The molecule has 0 saturated carbocycles. The molecule has 2 aliphatic rings. The maximum Gasteiger partial charge on any atom is 0.0722 e. The minimum atomic E-state index is -2.07. The lowest BCUT2D eigenvalue weighted by molar-refractivity contribution is 0.967. The van der Waals surface area contributed by atoms with Gasteiger partial charge in [0.2, 0.25) is 0 Å². The van der Waals surface area contributed by atoms with Crippen LogP contribution in [0.5, 0.6) is 0 Å². The SMILES string of the molecule is CC1=Cc2c(cccc2N(c2ccccc2)c2ccccc2)C1[Si](C)(C)C1C(C)=Cc2c1cccc2N(c1ccccc1)c1ccccc1. The Balaban J connectivity index is 1.23. The molecule has 0 fully saturated rings. The molecule has 0 heterocycles. The van der Waals surface area contributed by atoms with E-state index in [1.54, 1.807) is 0 Å². The molecule has 2 unspecified atom stereocenters. The number of fused-ring (bicyclic) bond motifs is 2. The fourth-order valence-electron chi connectivity index (χ4n) is 8.77. The standard InChI is InChI=1S/C46H42N2Si/c1-33-31-41-39(27-17-29-43(41)47(35-19-9-5-10-20-35)36-21-11-6-12-22-36)45(33)49(3,4)46-34(2)32-42-40(46)28-18-30-44(42)48(37-23-13-7-14-24-37)38-25-15-8-16-26-38/h5-32,45-46H,1-4H3. The third-order valence-electron chi connectivity index (χ3n) is 10.5. The fourth-order valence-corrected chi connectivity index (χ4v) is 13.7. The Kier molecular flexibility index (Phi) is 7.93. The highest BCUT2D eigenvalue weighted by atomic mass is 28.3. The quantitative estimate of drug-likeness (QED) is 0.151. The zero-order valence-corrected chi connectivity index (χ0v) is 29.7. The van der Waals surface area contributed by atoms with Gasteiger partial charge in [-0.15, -0.1) is 0 Å². The number of benzene rings is 6. The van der Waals surface area contributed by atoms with Gasteiger partial charge >= 0.3 is 0 Å². The van der Waals surface area contributed by atoms with Crippen molar-refractivity contribution in [2.45, 2.75) is 38.0 Å². The molecule has 3 heteroatoms. The Hall–Kier alpha value is -5.38. The van der Waals surface area contributed by atoms with Gasteiger partial charge in [0.15, 0.2) is 0 Å². The Bertz CT molecular complexity index is 1930. The molecular formula is C46H42N2Si. The first-order chi connectivity index (χ1) is 23.9. The lowest BCUT2D eigenvalue weighted by atomic mass is 10.0. The van der Waals surface area contributed by atoms with Crippen LogP contribution in [0, 0.1) is 0 Å². The second-order valence-electron chi connectivity index (χ2n) is 14.0. The van der Waals surface area contributed by atoms with Gasteiger partial charge in [0, 0.05) is 45.0 Å². The van der Waals surface area contributed by atoms with Crippen LogP contribution in [0.2, 0.25) is 13.1 Å². The van der Waals surface area contributed by atoms with Crippen molar-refractivity contribution in [3.8, 4) is 0 Å². The number of para-hydroxylation sites is 4. The highest BCUT2D eigenvalue weighted by molar-refractivity contribution is 6.81. The van der Waals surface area contributed by atoms with Crippen molar-refractivity contribution in [1.82, 2.24) is 0 Å². The van der Waals surface area contributed by atoms with Crippen LogP contribution >= 0.6 is 0 Å². The van der Waals surface area contributed by atoms with Crippen molar-refractivity contribution in [2.24, 2.45) is 0 Å². The molecule has 0 aliphatic heterocycles. The highest BCUT2D eigenvalue weighted by Crippen LogP contribution is 2.55. The minimum absolute atomic E-state index is 0.401. The third-order valence-corrected chi connectivity index (χ3v) is 15.0. The van der Waals surface area contributed by atoms with Crippen LogP contribution in [0.3, 0.4) is 0 Å². The van der Waals surface area contributed by atoms with Crippen molar-refractivity contribution in [3.63, 3.8) is 0 Å². The topological polar surface area (TPSA) is 6.48 Å². The van der Waals surface area contributed by atoms with Crippen LogP contribution in [0.4, 0.5) is 34.1 Å². The molecule has 2 atom stereocenters. The summed E-state index contributed by atoms with van der Waals surface area (Å²) in [5.74, 6) is 0. The number of anilines is 6. The molecule has 2 nitrogen and oxygen atoms in total. The predicted molar refractivity (Wildman–Crippen MR) is 213 cm³/mol. The van der Waals surface area contributed by atoms with Gasteiger partial charge < -0.3 is 9.80 Å². The summed E-state index contributed by atoms with van der Waals surface area (Å²) in [5.41, 5.74) is 16.6. The molecule has 0 spiro atoms. The first kappa shape index (κ1) is 30.9. The summed E-state index contributed by atoms with van der Waals surface area (Å²) in [6, 6.07) is 57.1. The predicted octanol–water partition coefficient (Wildman–Crippen LogP) is 13.1. The summed E-state index contributed by atoms with van der Waals surface area (Å²) in [6.45, 7) is 9.99. The summed E-state index contributed by atoms with van der Waals surface area (Å²) in [5, 5.41) is 0. The lowest BCUT2D eigenvalue weighted by Crippen LogP contribution is -2.42. The summed E-state index contributed by atoms with van der Waals surface area (Å²) >= 11 is 0. The summed E-state index contributed by atoms with van der Waals surface area (Å²) in [7, 11) is -2.07. The molecule has 6 aromatic rings. The Morgan fingerprint density at radius 3 is 1.00 bits per heavy atom. The van der Waals surface area contributed by atoms with E-state index in [9.17, 15) is 0 Å². The highest BCUT2D eigenvalue weighted by Gasteiger charge is 2.47. The van der Waals surface area contributed by atoms with Gasteiger partial charge in [0.1, 0.15) is 0 Å². The number of nitrogens with zero attached hydrogens (tertiary/aromatic N) is 2. The largest absolute Gasteiger partial charge is 0.310 e. The third kappa shape index (κ3) is 5.35. The molecule has 2 aliphatic carbocycles. The normalized spacial score (nSPS) is 16.4. The monoisotopic (exact) mass is 650 g/mol. The van der Waals surface area contributed by atoms with Gasteiger partial charge in [0.05, 0.1) is 19.4 Å². The van der Waals surface area contributed by atoms with Gasteiger partial charge in [-0.3, -0.25) is 0 Å². The summed E-state index contributed by atoms with van der Waals surface area (Å²) < 4.78 is 0. The average Bonchev–Trinajstić information content (AvgIpc) is 3.67. The zero-order valence-electron chi connectivity index (χ0n) is 28.7. The fraction of sp³-hybridized carbons (Fsp3) is 0.130. The zero-order chi connectivity index (χ0) is 33.5. The Labute approximate surface area is 292 Å². The smallest absolute Gasteiger partial charge is 0.0722 e. The number of hydrogen-bond donors (Lipinski definition) is 0. The van der Waals surface area contributed by atoms with Crippen LogP contribution in [0.15, 0.2) is 169 Å². The number of rotatable bonds is 8. The van der Waals surface area contributed by atoms with E-state index in [2.05, 4.69) is 207 Å². The molecule has 0 N–H and O–H groups in total. The van der Waals surface area contributed by atoms with E-state index in [1.807, 2.05) is 0 Å². The molecule has 0 radical (unpaired) electrons. The van der Waals surface area contributed by atoms with E-state index in [1.165, 1.54) is 67.5 Å². The van der Waals surface area contributed by atoms with E-state index >= 15 is 0 Å². The Morgan fingerprint density at radius 2 is 0.694 bits per heavy atom. The molecule has 6 aromatic carbocycles. The molecule has 0 amide bonds. The molecule has 49 heavy (non-hydrogen) atoms. The molecule has 0 saturated heterocycles. The van der Waals surface area contributed by atoms with E-state index in [0.29, 0.717) is 11.1 Å². The van der Waals surface area contributed by atoms with Crippen molar-refractivity contribution < 1.29 is 0 Å². The van der Waals surface area contributed by atoms with Crippen LogP contribution in [-0.2, 0) is 0 Å². The van der Waals surface area contributed by atoms with Gasteiger partial charge in [-0.2, -0.15) is 0 Å². The summed E-state index contributed by atoms with van der Waals surface area (Å²) in [4.78, 5) is 4.84. The molecule has 8 rings (SSSR count). The van der Waals surface area contributed by atoms with Gasteiger partial charge in [-0.1, -0.05) is 133 Å². The van der Waals surface area contributed by atoms with Gasteiger partial charge in [0.25, 0.3) is 0 Å². The number of hydrogen-bond acceptors (Lipinski definition) is 2. The second-order valence-corrected chi connectivity index (χ2v) is 18.8. The molecule has 240 valence electrons. The average molecular weight is 651 g/mol. The van der Waals surface area contributed by atoms with Crippen molar-refractivity contribution >= 4 is 54.4 Å². The van der Waals surface area contributed by atoms with Crippen molar-refractivity contribution in [2.75, 3.05) is 9.80 Å². The molecular weight excluding hydrogens is 609 g/mol. The van der Waals surface area contributed by atoms with Crippen LogP contribution in [0.25, 0.3) is 12.2 Å². The second kappa shape index (κ2) is 12.6. The van der Waals surface area contributed by atoms with Crippen LogP contribution in [0.1, 0.15) is 47.2 Å². The van der Waals surface area contributed by atoms with Crippen molar-refractivity contribution in [1.29, 1.82) is 0 Å². The van der Waals surface area contributed by atoms with Crippen molar-refractivity contribution in [3.05, 3.63) is 191 Å². The van der Waals surface area contributed by atoms with Crippen LogP contribution < -0.4 is 9.80 Å². The summed E-state index contributed by atoms with van der Waals surface area (Å²) in [6.07, 6.45) is 4.97. The van der Waals surface area contributed by atoms with E-state index < -0.39 is 8.07 Å². The maximum absolute atomic E-state index is 2.62. The van der Waals surface area contributed by atoms with E-state index in [-0.39, 0.29) is 0 Å². The Morgan fingerprint density at radius 1 is 0.388 bits per heavy atom. The molecule has 0 bridgehead atoms. The molecule has 0 aromatic heterocycles. The van der Waals surface area contributed by atoms with Gasteiger partial charge in [-0.25, -0.2) is 0 Å². The number of allylic oxidation sites excluding steroid dienone is 2.